The molecule has 0 saturated carbocycles. The minimum Gasteiger partial charge on any atom is -0.352 e. The van der Waals surface area contributed by atoms with Crippen LogP contribution in [0.15, 0.2) is 29.2 Å². The van der Waals surface area contributed by atoms with Gasteiger partial charge in [0, 0.05) is 24.7 Å². The second kappa shape index (κ2) is 9.82. The van der Waals surface area contributed by atoms with Gasteiger partial charge in [-0.25, -0.2) is 8.42 Å². The highest BCUT2D eigenvalue weighted by Gasteiger charge is 2.22. The molecule has 27 heavy (non-hydrogen) atoms. The second-order valence-corrected chi connectivity index (χ2v) is 8.33. The number of carbonyl (C=O) groups is 2. The molecule has 0 aromatic heterocycles. The minimum absolute atomic E-state index is 0.0676. The lowest BCUT2D eigenvalue weighted by atomic mass is 10.1. The van der Waals surface area contributed by atoms with E-state index in [1.54, 1.807) is 13.8 Å². The fourth-order valence-electron chi connectivity index (χ4n) is 3.02. The van der Waals surface area contributed by atoms with E-state index in [-0.39, 0.29) is 29.0 Å². The van der Waals surface area contributed by atoms with Crippen LogP contribution in [-0.4, -0.2) is 63.3 Å². The molecule has 0 spiro atoms. The Morgan fingerprint density at radius 2 is 1.85 bits per heavy atom. The highest BCUT2D eigenvalue weighted by Crippen LogP contribution is 2.17. The Kier molecular flexibility index (Phi) is 7.76. The molecule has 0 aliphatic carbocycles. The van der Waals surface area contributed by atoms with E-state index in [0.717, 1.165) is 25.9 Å². The summed E-state index contributed by atoms with van der Waals surface area (Å²) in [5.41, 5.74) is 0.206. The third kappa shape index (κ3) is 5.75. The number of sulfonamides is 1. The highest BCUT2D eigenvalue weighted by atomic mass is 32.2. The van der Waals surface area contributed by atoms with Crippen molar-refractivity contribution in [3.63, 3.8) is 0 Å². The van der Waals surface area contributed by atoms with Gasteiger partial charge in [-0.1, -0.05) is 19.9 Å². The van der Waals surface area contributed by atoms with Crippen molar-refractivity contribution in [3.8, 4) is 0 Å². The van der Waals surface area contributed by atoms with E-state index in [2.05, 4.69) is 16.0 Å². The van der Waals surface area contributed by atoms with Crippen molar-refractivity contribution >= 4 is 21.8 Å². The van der Waals surface area contributed by atoms with Gasteiger partial charge in [0.05, 0.1) is 11.4 Å². The van der Waals surface area contributed by atoms with Crippen molar-refractivity contribution in [2.45, 2.75) is 37.6 Å². The van der Waals surface area contributed by atoms with Crippen molar-refractivity contribution in [1.29, 1.82) is 0 Å². The molecule has 8 nitrogen and oxygen atoms in total. The first-order valence-electron chi connectivity index (χ1n) is 9.27. The quantitative estimate of drug-likeness (QED) is 0.586. The number of nitrogens with zero attached hydrogens (tertiary/aromatic N) is 1. The first-order valence-corrected chi connectivity index (χ1v) is 10.7. The molecule has 9 heteroatoms. The molecule has 1 aromatic rings. The Bertz CT molecular complexity index is 756. The van der Waals surface area contributed by atoms with Crippen molar-refractivity contribution < 1.29 is 18.0 Å². The van der Waals surface area contributed by atoms with Crippen LogP contribution in [-0.2, 0) is 14.8 Å². The van der Waals surface area contributed by atoms with Gasteiger partial charge in [-0.3, -0.25) is 9.59 Å². The van der Waals surface area contributed by atoms with Crippen LogP contribution in [0, 0.1) is 0 Å². The van der Waals surface area contributed by atoms with E-state index >= 15 is 0 Å². The maximum absolute atomic E-state index is 12.6. The lowest BCUT2D eigenvalue weighted by molar-refractivity contribution is -0.121. The molecular formula is C18H28N4O4S. The smallest absolute Gasteiger partial charge is 0.251 e. The number of hydrogen-bond donors (Lipinski definition) is 3. The fourth-order valence-corrected chi connectivity index (χ4v) is 4.52. The number of piperidine rings is 1. The zero-order valence-corrected chi connectivity index (χ0v) is 16.6. The molecule has 1 heterocycles. The lowest BCUT2D eigenvalue weighted by Crippen LogP contribution is -2.46. The molecule has 150 valence electrons. The van der Waals surface area contributed by atoms with Crippen molar-refractivity contribution in [3.05, 3.63) is 29.8 Å². The zero-order valence-electron chi connectivity index (χ0n) is 15.8. The molecule has 0 atom stereocenters. The number of carbonyl (C=O) groups excluding carboxylic acids is 2. The monoisotopic (exact) mass is 396 g/mol. The number of rotatable bonds is 8. The van der Waals surface area contributed by atoms with E-state index < -0.39 is 15.9 Å². The average Bonchev–Trinajstić information content (AvgIpc) is 2.67. The Hall–Kier alpha value is -1.97. The number of benzene rings is 1. The predicted octanol–water partition coefficient (Wildman–Crippen LogP) is 0.315. The topological polar surface area (TPSA) is 108 Å². The van der Waals surface area contributed by atoms with Gasteiger partial charge in [0.1, 0.15) is 0 Å². The van der Waals surface area contributed by atoms with Gasteiger partial charge in [0.15, 0.2) is 0 Å². The third-order valence-electron chi connectivity index (χ3n) is 4.55. The van der Waals surface area contributed by atoms with Crippen LogP contribution in [0.2, 0.25) is 0 Å². The predicted molar refractivity (Wildman–Crippen MR) is 103 cm³/mol. The van der Waals surface area contributed by atoms with Crippen molar-refractivity contribution in [2.24, 2.45) is 0 Å². The summed E-state index contributed by atoms with van der Waals surface area (Å²) in [6.07, 6.45) is 1.73. The Morgan fingerprint density at radius 3 is 2.48 bits per heavy atom. The summed E-state index contributed by atoms with van der Waals surface area (Å²) >= 11 is 0. The van der Waals surface area contributed by atoms with Gasteiger partial charge >= 0.3 is 0 Å². The van der Waals surface area contributed by atoms with E-state index in [0.29, 0.717) is 13.1 Å². The Morgan fingerprint density at radius 1 is 1.19 bits per heavy atom. The van der Waals surface area contributed by atoms with Crippen LogP contribution in [0.5, 0.6) is 0 Å². The van der Waals surface area contributed by atoms with Crippen LogP contribution < -0.4 is 16.0 Å². The van der Waals surface area contributed by atoms with E-state index in [1.165, 1.54) is 28.6 Å². The van der Waals surface area contributed by atoms with Crippen LogP contribution >= 0.6 is 0 Å². The standard InChI is InChI=1S/C18H28N4O4S/c1-3-22(4-2)27(25,26)16-7-5-6-14(12-16)18(24)20-13-17(23)21-15-8-10-19-11-9-15/h5-7,12,15,19H,3-4,8-11,13H2,1-2H3,(H,20,24)(H,21,23). The van der Waals surface area contributed by atoms with E-state index in [1.807, 2.05) is 0 Å². The third-order valence-corrected chi connectivity index (χ3v) is 6.60. The van der Waals surface area contributed by atoms with Crippen molar-refractivity contribution in [1.82, 2.24) is 20.3 Å². The molecule has 1 aliphatic heterocycles. The minimum atomic E-state index is -3.64. The molecule has 2 amide bonds. The Labute approximate surface area is 160 Å². The molecule has 1 aromatic carbocycles. The van der Waals surface area contributed by atoms with Crippen LogP contribution in [0.25, 0.3) is 0 Å². The van der Waals surface area contributed by atoms with Gasteiger partial charge in [-0.05, 0) is 44.1 Å². The van der Waals surface area contributed by atoms with Gasteiger partial charge in [0.25, 0.3) is 5.91 Å². The molecule has 3 N–H and O–H groups in total. The zero-order chi connectivity index (χ0) is 19.9. The maximum atomic E-state index is 12.6. The summed E-state index contributed by atoms with van der Waals surface area (Å²) in [5.74, 6) is -0.728. The highest BCUT2D eigenvalue weighted by molar-refractivity contribution is 7.89. The number of amides is 2. The first kappa shape index (κ1) is 21.3. The summed E-state index contributed by atoms with van der Waals surface area (Å²) in [5, 5.41) is 8.66. The van der Waals surface area contributed by atoms with Crippen molar-refractivity contribution in [2.75, 3.05) is 32.7 Å². The van der Waals surface area contributed by atoms with Gasteiger partial charge in [-0.15, -0.1) is 0 Å². The van der Waals surface area contributed by atoms with Gasteiger partial charge < -0.3 is 16.0 Å². The van der Waals surface area contributed by atoms with Crippen LogP contribution in [0.3, 0.4) is 0 Å². The summed E-state index contributed by atoms with van der Waals surface area (Å²) in [4.78, 5) is 24.4. The molecule has 0 bridgehead atoms. The summed E-state index contributed by atoms with van der Waals surface area (Å²) in [6.45, 7) is 5.82. The molecule has 0 unspecified atom stereocenters. The largest absolute Gasteiger partial charge is 0.352 e. The molecule has 2 rings (SSSR count). The van der Waals surface area contributed by atoms with Crippen LogP contribution in [0.1, 0.15) is 37.0 Å². The van der Waals surface area contributed by atoms with Gasteiger partial charge in [0.2, 0.25) is 15.9 Å². The molecule has 1 fully saturated rings. The molecular weight excluding hydrogens is 368 g/mol. The van der Waals surface area contributed by atoms with E-state index in [9.17, 15) is 18.0 Å². The fraction of sp³-hybridized carbons (Fsp3) is 0.556. The van der Waals surface area contributed by atoms with Gasteiger partial charge in [-0.2, -0.15) is 4.31 Å². The molecule has 0 radical (unpaired) electrons. The number of hydrogen-bond acceptors (Lipinski definition) is 5. The summed E-state index contributed by atoms with van der Waals surface area (Å²) in [7, 11) is -3.64. The first-order chi connectivity index (χ1) is 12.9. The van der Waals surface area contributed by atoms with E-state index in [4.69, 9.17) is 0 Å². The molecule has 1 aliphatic rings. The molecule has 1 saturated heterocycles. The summed E-state index contributed by atoms with van der Waals surface area (Å²) < 4.78 is 26.5. The summed E-state index contributed by atoms with van der Waals surface area (Å²) in [6, 6.07) is 5.99. The normalized spacial score (nSPS) is 15.5. The SMILES string of the molecule is CCN(CC)S(=O)(=O)c1cccc(C(=O)NCC(=O)NC2CCNCC2)c1. The second-order valence-electron chi connectivity index (χ2n) is 6.39. The van der Waals surface area contributed by atoms with Crippen LogP contribution in [0.4, 0.5) is 0 Å². The number of nitrogens with one attached hydrogen (secondary N) is 3. The lowest BCUT2D eigenvalue weighted by Gasteiger charge is -2.23. The average molecular weight is 397 g/mol. The maximum Gasteiger partial charge on any atom is 0.251 e. The Balaban J connectivity index is 1.97.